The molecule has 0 bridgehead atoms. The summed E-state index contributed by atoms with van der Waals surface area (Å²) in [5.74, 6) is -1.31. The van der Waals surface area contributed by atoms with E-state index in [9.17, 15) is 8.78 Å². The maximum absolute atomic E-state index is 15.0. The van der Waals surface area contributed by atoms with Crippen molar-refractivity contribution in [2.75, 3.05) is 0 Å². The Morgan fingerprint density at radius 2 is 1.42 bits per heavy atom. The second kappa shape index (κ2) is 13.6. The highest BCUT2D eigenvalue weighted by Gasteiger charge is 2.17. The SMILES string of the molecule is C=CC1CC=C(c2ccc(-c3ccc(-c4ccc(CCCCCCCCC)c(F)c4F)cc3)cc2F)CC1. The van der Waals surface area contributed by atoms with Gasteiger partial charge >= 0.3 is 0 Å². The molecule has 1 atom stereocenters. The van der Waals surface area contributed by atoms with Gasteiger partial charge in [0.25, 0.3) is 0 Å². The molecule has 0 aromatic heterocycles. The zero-order valence-electron chi connectivity index (χ0n) is 22.5. The zero-order valence-corrected chi connectivity index (χ0v) is 22.5. The molecular formula is C35H39F3. The highest BCUT2D eigenvalue weighted by molar-refractivity contribution is 5.74. The third-order valence-electron chi connectivity index (χ3n) is 7.84. The average molecular weight is 517 g/mol. The summed E-state index contributed by atoms with van der Waals surface area (Å²) < 4.78 is 44.8. The van der Waals surface area contributed by atoms with Gasteiger partial charge in [0.1, 0.15) is 5.82 Å². The molecule has 4 rings (SSSR count). The predicted octanol–water partition coefficient (Wildman–Crippen LogP) is 11.1. The van der Waals surface area contributed by atoms with Gasteiger partial charge in [-0.2, -0.15) is 0 Å². The Hall–Kier alpha value is -3.07. The molecule has 38 heavy (non-hydrogen) atoms. The molecule has 0 radical (unpaired) electrons. The molecule has 0 nitrogen and oxygen atoms in total. The van der Waals surface area contributed by atoms with Gasteiger partial charge in [-0.15, -0.1) is 6.58 Å². The molecule has 0 N–H and O–H groups in total. The van der Waals surface area contributed by atoms with Gasteiger partial charge in [-0.1, -0.05) is 106 Å². The lowest BCUT2D eigenvalue weighted by molar-refractivity contribution is 0.497. The number of allylic oxidation sites excluding steroid dienone is 3. The number of hydrogen-bond donors (Lipinski definition) is 0. The maximum Gasteiger partial charge on any atom is 0.166 e. The lowest BCUT2D eigenvalue weighted by Crippen LogP contribution is -2.03. The smallest absolute Gasteiger partial charge is 0.166 e. The summed E-state index contributed by atoms with van der Waals surface area (Å²) >= 11 is 0. The van der Waals surface area contributed by atoms with Crippen molar-refractivity contribution in [2.45, 2.75) is 77.6 Å². The Balaban J connectivity index is 1.41. The fraction of sp³-hybridized carbons (Fsp3) is 0.371. The van der Waals surface area contributed by atoms with Crippen LogP contribution in [0.3, 0.4) is 0 Å². The summed E-state index contributed by atoms with van der Waals surface area (Å²) in [7, 11) is 0. The Bertz CT molecular complexity index is 1250. The minimum Gasteiger partial charge on any atom is -0.206 e. The Labute approximate surface area is 226 Å². The molecule has 3 heteroatoms. The van der Waals surface area contributed by atoms with Crippen LogP contribution in [0.1, 0.15) is 82.3 Å². The molecule has 0 spiro atoms. The largest absolute Gasteiger partial charge is 0.206 e. The van der Waals surface area contributed by atoms with Crippen LogP contribution in [0.2, 0.25) is 0 Å². The van der Waals surface area contributed by atoms with Crippen LogP contribution >= 0.6 is 0 Å². The van der Waals surface area contributed by atoms with E-state index in [-0.39, 0.29) is 11.4 Å². The molecule has 0 heterocycles. The average Bonchev–Trinajstić information content (AvgIpc) is 2.95. The fourth-order valence-electron chi connectivity index (χ4n) is 5.39. The Kier molecular flexibility index (Phi) is 10.0. The van der Waals surface area contributed by atoms with Crippen LogP contribution in [0.25, 0.3) is 27.8 Å². The van der Waals surface area contributed by atoms with Gasteiger partial charge in [-0.05, 0) is 71.9 Å². The van der Waals surface area contributed by atoms with Crippen LogP contribution in [0.4, 0.5) is 13.2 Å². The van der Waals surface area contributed by atoms with E-state index >= 15 is 4.39 Å². The quantitative estimate of drug-likeness (QED) is 0.166. The van der Waals surface area contributed by atoms with Crippen LogP contribution in [-0.2, 0) is 6.42 Å². The Morgan fingerprint density at radius 1 is 0.763 bits per heavy atom. The molecule has 1 aliphatic rings. The van der Waals surface area contributed by atoms with Crippen molar-refractivity contribution < 1.29 is 13.2 Å². The van der Waals surface area contributed by atoms with Crippen LogP contribution in [0.15, 0.2) is 73.3 Å². The van der Waals surface area contributed by atoms with Gasteiger partial charge in [0, 0.05) is 11.1 Å². The predicted molar refractivity (Wildman–Crippen MR) is 154 cm³/mol. The number of unbranched alkanes of at least 4 members (excludes halogenated alkanes) is 6. The number of aryl methyl sites for hydroxylation is 1. The second-order valence-electron chi connectivity index (χ2n) is 10.5. The first kappa shape index (κ1) is 28.0. The highest BCUT2D eigenvalue weighted by atomic mass is 19.2. The summed E-state index contributed by atoms with van der Waals surface area (Å²) in [6.45, 7) is 6.06. The van der Waals surface area contributed by atoms with E-state index in [0.717, 1.165) is 55.2 Å². The van der Waals surface area contributed by atoms with E-state index in [1.165, 1.54) is 25.7 Å². The van der Waals surface area contributed by atoms with E-state index in [1.54, 1.807) is 30.3 Å². The third kappa shape index (κ3) is 6.87. The van der Waals surface area contributed by atoms with E-state index < -0.39 is 11.6 Å². The molecule has 3 aromatic carbocycles. The van der Waals surface area contributed by atoms with Crippen molar-refractivity contribution in [1.29, 1.82) is 0 Å². The fourth-order valence-corrected chi connectivity index (χ4v) is 5.39. The molecule has 1 aliphatic carbocycles. The minimum atomic E-state index is -0.798. The van der Waals surface area contributed by atoms with Gasteiger partial charge in [0.2, 0.25) is 0 Å². The summed E-state index contributed by atoms with van der Waals surface area (Å²) in [6.07, 6.45) is 15.4. The van der Waals surface area contributed by atoms with Crippen molar-refractivity contribution in [3.63, 3.8) is 0 Å². The van der Waals surface area contributed by atoms with Crippen molar-refractivity contribution in [1.82, 2.24) is 0 Å². The van der Waals surface area contributed by atoms with Gasteiger partial charge in [-0.3, -0.25) is 0 Å². The van der Waals surface area contributed by atoms with Crippen LogP contribution in [0, 0.1) is 23.4 Å². The monoisotopic (exact) mass is 516 g/mol. The number of benzene rings is 3. The topological polar surface area (TPSA) is 0 Å². The van der Waals surface area contributed by atoms with Gasteiger partial charge in [-0.25, -0.2) is 13.2 Å². The summed E-state index contributed by atoms with van der Waals surface area (Å²) in [5, 5.41) is 0. The summed E-state index contributed by atoms with van der Waals surface area (Å²) in [4.78, 5) is 0. The van der Waals surface area contributed by atoms with Gasteiger partial charge in [0.15, 0.2) is 11.6 Å². The molecule has 0 saturated carbocycles. The third-order valence-corrected chi connectivity index (χ3v) is 7.84. The van der Waals surface area contributed by atoms with Crippen LogP contribution < -0.4 is 0 Å². The molecule has 200 valence electrons. The lowest BCUT2D eigenvalue weighted by atomic mass is 9.86. The van der Waals surface area contributed by atoms with Gasteiger partial charge < -0.3 is 0 Å². The second-order valence-corrected chi connectivity index (χ2v) is 10.5. The van der Waals surface area contributed by atoms with Gasteiger partial charge in [0.05, 0.1) is 0 Å². The normalized spacial score (nSPS) is 15.4. The standard InChI is InChI=1S/C35H39F3/c1-3-5-6-7-8-9-10-11-29-20-23-32(35(38)34(29)37)28-18-16-26(17-19-28)30-21-22-31(33(36)24-30)27-14-12-25(4-2)13-15-27/h4,14,16-25H,2-3,5-13,15H2,1H3. The molecule has 0 aliphatic heterocycles. The van der Waals surface area contributed by atoms with E-state index in [0.29, 0.717) is 29.0 Å². The number of rotatable bonds is 12. The zero-order chi connectivity index (χ0) is 26.9. The maximum atomic E-state index is 15.0. The molecule has 3 aromatic rings. The van der Waals surface area contributed by atoms with E-state index in [4.69, 9.17) is 0 Å². The Morgan fingerprint density at radius 3 is 2.08 bits per heavy atom. The van der Waals surface area contributed by atoms with E-state index in [1.807, 2.05) is 30.3 Å². The van der Waals surface area contributed by atoms with Crippen LogP contribution in [0.5, 0.6) is 0 Å². The first-order valence-electron chi connectivity index (χ1n) is 14.2. The highest BCUT2D eigenvalue weighted by Crippen LogP contribution is 2.34. The van der Waals surface area contributed by atoms with Crippen molar-refractivity contribution in [2.24, 2.45) is 5.92 Å². The molecular weight excluding hydrogens is 477 g/mol. The molecule has 0 fully saturated rings. The summed E-state index contributed by atoms with van der Waals surface area (Å²) in [5.41, 5.74) is 4.60. The minimum absolute atomic E-state index is 0.237. The lowest BCUT2D eigenvalue weighted by Gasteiger charge is -2.19. The van der Waals surface area contributed by atoms with Crippen molar-refractivity contribution in [3.8, 4) is 22.3 Å². The molecule has 1 unspecified atom stereocenters. The molecule has 0 saturated heterocycles. The summed E-state index contributed by atoms with van der Waals surface area (Å²) in [6, 6.07) is 15.9. The van der Waals surface area contributed by atoms with E-state index in [2.05, 4.69) is 19.6 Å². The van der Waals surface area contributed by atoms with Crippen LogP contribution in [-0.4, -0.2) is 0 Å². The number of halogens is 3. The van der Waals surface area contributed by atoms with Crippen molar-refractivity contribution in [3.05, 3.63) is 102 Å². The van der Waals surface area contributed by atoms with Crippen molar-refractivity contribution >= 4 is 5.57 Å². The first-order valence-corrected chi connectivity index (χ1v) is 14.2. The first-order chi connectivity index (χ1) is 18.5. The molecule has 0 amide bonds. The number of hydrogen-bond acceptors (Lipinski definition) is 0.